The van der Waals surface area contributed by atoms with Crippen LogP contribution in [0.1, 0.15) is 52.4 Å². The standard InChI is InChI=1S/C10H19F/c1-3-5-6-7-9-10(11)8-4-2/h8H,3-7,9H2,1-2H3. The van der Waals surface area contributed by atoms with E-state index in [1.165, 1.54) is 19.3 Å². The van der Waals surface area contributed by atoms with Crippen molar-refractivity contribution in [1.82, 2.24) is 0 Å². The summed E-state index contributed by atoms with van der Waals surface area (Å²) in [7, 11) is 0. The fraction of sp³-hybridized carbons (Fsp3) is 0.800. The molecule has 11 heavy (non-hydrogen) atoms. The lowest BCUT2D eigenvalue weighted by atomic mass is 10.1. The topological polar surface area (TPSA) is 0 Å². The van der Waals surface area contributed by atoms with E-state index < -0.39 is 0 Å². The zero-order valence-corrected chi connectivity index (χ0v) is 7.70. The molecule has 0 fully saturated rings. The van der Waals surface area contributed by atoms with Crippen molar-refractivity contribution in [1.29, 1.82) is 0 Å². The third-order valence-electron chi connectivity index (χ3n) is 1.69. The highest BCUT2D eigenvalue weighted by atomic mass is 19.1. The van der Waals surface area contributed by atoms with Crippen molar-refractivity contribution < 1.29 is 4.39 Å². The third kappa shape index (κ3) is 7.57. The highest BCUT2D eigenvalue weighted by Gasteiger charge is 1.93. The Morgan fingerprint density at radius 3 is 2.45 bits per heavy atom. The van der Waals surface area contributed by atoms with Crippen LogP contribution in [0.5, 0.6) is 0 Å². The minimum absolute atomic E-state index is 0.0728. The molecule has 0 amide bonds. The maximum atomic E-state index is 12.7. The molecule has 0 unspecified atom stereocenters. The second kappa shape index (κ2) is 7.77. The molecule has 0 aliphatic heterocycles. The lowest BCUT2D eigenvalue weighted by Crippen LogP contribution is -1.78. The predicted molar refractivity (Wildman–Crippen MR) is 48.2 cm³/mol. The molecule has 0 bridgehead atoms. The Morgan fingerprint density at radius 1 is 1.18 bits per heavy atom. The summed E-state index contributed by atoms with van der Waals surface area (Å²) in [5, 5.41) is 0. The fourth-order valence-corrected chi connectivity index (χ4v) is 1.04. The largest absolute Gasteiger partial charge is 0.212 e. The lowest BCUT2D eigenvalue weighted by molar-refractivity contribution is 0.549. The van der Waals surface area contributed by atoms with E-state index >= 15 is 0 Å². The molecule has 0 heterocycles. The average Bonchev–Trinajstić information content (AvgIpc) is 1.99. The summed E-state index contributed by atoms with van der Waals surface area (Å²) in [6, 6.07) is 0. The Bertz CT molecular complexity index is 105. The molecule has 0 spiro atoms. The van der Waals surface area contributed by atoms with Gasteiger partial charge in [-0.15, -0.1) is 0 Å². The summed E-state index contributed by atoms with van der Waals surface area (Å²) in [6.07, 6.45) is 7.77. The van der Waals surface area contributed by atoms with Gasteiger partial charge in [-0.05, 0) is 19.3 Å². The molecule has 0 radical (unpaired) electrons. The monoisotopic (exact) mass is 158 g/mol. The van der Waals surface area contributed by atoms with Crippen LogP contribution in [0.15, 0.2) is 11.9 Å². The van der Waals surface area contributed by atoms with Gasteiger partial charge in [0.15, 0.2) is 0 Å². The van der Waals surface area contributed by atoms with Crippen molar-refractivity contribution in [3.63, 3.8) is 0 Å². The molecule has 0 rings (SSSR count). The van der Waals surface area contributed by atoms with Crippen molar-refractivity contribution in [2.45, 2.75) is 52.4 Å². The Labute approximate surface area is 69.5 Å². The van der Waals surface area contributed by atoms with Gasteiger partial charge in [-0.3, -0.25) is 0 Å². The Morgan fingerprint density at radius 2 is 1.91 bits per heavy atom. The van der Waals surface area contributed by atoms with E-state index in [-0.39, 0.29) is 5.83 Å². The number of halogens is 1. The first-order chi connectivity index (χ1) is 5.31. The predicted octanol–water partition coefficient (Wildman–Crippen LogP) is 4.22. The molecule has 0 aromatic carbocycles. The number of allylic oxidation sites excluding steroid dienone is 2. The highest BCUT2D eigenvalue weighted by molar-refractivity contribution is 4.90. The van der Waals surface area contributed by atoms with Crippen molar-refractivity contribution in [2.75, 3.05) is 0 Å². The average molecular weight is 158 g/mol. The Kier molecular flexibility index (Phi) is 7.54. The summed E-state index contributed by atoms with van der Waals surface area (Å²) in [4.78, 5) is 0. The number of hydrogen-bond acceptors (Lipinski definition) is 0. The van der Waals surface area contributed by atoms with Crippen LogP contribution in [0.4, 0.5) is 4.39 Å². The van der Waals surface area contributed by atoms with Crippen LogP contribution in [0.2, 0.25) is 0 Å². The maximum absolute atomic E-state index is 12.7. The van der Waals surface area contributed by atoms with E-state index in [2.05, 4.69) is 6.92 Å². The second-order valence-corrected chi connectivity index (χ2v) is 2.87. The minimum atomic E-state index is 0.0728. The van der Waals surface area contributed by atoms with Gasteiger partial charge in [-0.25, -0.2) is 4.39 Å². The van der Waals surface area contributed by atoms with E-state index in [0.29, 0.717) is 6.42 Å². The van der Waals surface area contributed by atoms with Crippen LogP contribution in [-0.2, 0) is 0 Å². The zero-order chi connectivity index (χ0) is 8.53. The molecule has 0 saturated heterocycles. The molecule has 0 nitrogen and oxygen atoms in total. The molecule has 1 heteroatoms. The van der Waals surface area contributed by atoms with Gasteiger partial charge in [0.25, 0.3) is 0 Å². The normalized spacial score (nSPS) is 12.1. The summed E-state index contributed by atoms with van der Waals surface area (Å²) >= 11 is 0. The van der Waals surface area contributed by atoms with E-state index in [1.54, 1.807) is 6.08 Å². The van der Waals surface area contributed by atoms with Crippen LogP contribution in [-0.4, -0.2) is 0 Å². The van der Waals surface area contributed by atoms with Crippen molar-refractivity contribution in [3.05, 3.63) is 11.9 Å². The first-order valence-corrected chi connectivity index (χ1v) is 4.65. The zero-order valence-electron chi connectivity index (χ0n) is 7.70. The van der Waals surface area contributed by atoms with Crippen molar-refractivity contribution >= 4 is 0 Å². The summed E-state index contributed by atoms with van der Waals surface area (Å²) in [5.41, 5.74) is 0. The third-order valence-corrected chi connectivity index (χ3v) is 1.69. The van der Waals surface area contributed by atoms with E-state index in [4.69, 9.17) is 0 Å². The van der Waals surface area contributed by atoms with Gasteiger partial charge in [-0.2, -0.15) is 0 Å². The van der Waals surface area contributed by atoms with E-state index in [0.717, 1.165) is 12.8 Å². The van der Waals surface area contributed by atoms with Crippen LogP contribution in [0.3, 0.4) is 0 Å². The Balaban J connectivity index is 3.17. The van der Waals surface area contributed by atoms with Crippen molar-refractivity contribution in [3.8, 4) is 0 Å². The van der Waals surface area contributed by atoms with Gasteiger partial charge in [-0.1, -0.05) is 39.2 Å². The molecule has 0 saturated carbocycles. The summed E-state index contributed by atoms with van der Waals surface area (Å²) in [6.45, 7) is 4.13. The molecule has 0 N–H and O–H groups in total. The molecular weight excluding hydrogens is 139 g/mol. The molecule has 0 aliphatic carbocycles. The lowest BCUT2D eigenvalue weighted by Gasteiger charge is -1.96. The quantitative estimate of drug-likeness (QED) is 0.508. The maximum Gasteiger partial charge on any atom is 0.0959 e. The molecule has 0 aliphatic rings. The van der Waals surface area contributed by atoms with Crippen molar-refractivity contribution in [2.24, 2.45) is 0 Å². The van der Waals surface area contributed by atoms with Gasteiger partial charge in [0.1, 0.15) is 0 Å². The highest BCUT2D eigenvalue weighted by Crippen LogP contribution is 2.11. The summed E-state index contributed by atoms with van der Waals surface area (Å²) in [5.74, 6) is 0.0728. The molecule has 0 atom stereocenters. The van der Waals surface area contributed by atoms with Gasteiger partial charge in [0, 0.05) is 0 Å². The molecule has 0 aromatic heterocycles. The molecule has 66 valence electrons. The second-order valence-electron chi connectivity index (χ2n) is 2.87. The van der Waals surface area contributed by atoms with Gasteiger partial charge < -0.3 is 0 Å². The SMILES string of the molecule is CCC=C(F)CCCCCC. The smallest absolute Gasteiger partial charge is 0.0959 e. The van der Waals surface area contributed by atoms with Gasteiger partial charge in [0.05, 0.1) is 5.83 Å². The fourth-order valence-electron chi connectivity index (χ4n) is 1.04. The Hall–Kier alpha value is -0.330. The number of rotatable bonds is 6. The first kappa shape index (κ1) is 10.7. The van der Waals surface area contributed by atoms with Crippen LogP contribution in [0.25, 0.3) is 0 Å². The van der Waals surface area contributed by atoms with Crippen LogP contribution in [0, 0.1) is 0 Å². The van der Waals surface area contributed by atoms with E-state index in [9.17, 15) is 4.39 Å². The van der Waals surface area contributed by atoms with Gasteiger partial charge >= 0.3 is 0 Å². The number of hydrogen-bond donors (Lipinski definition) is 0. The molecule has 0 aromatic rings. The number of unbranched alkanes of at least 4 members (excludes halogenated alkanes) is 3. The van der Waals surface area contributed by atoms with Crippen LogP contribution < -0.4 is 0 Å². The minimum Gasteiger partial charge on any atom is -0.212 e. The summed E-state index contributed by atoms with van der Waals surface area (Å²) < 4.78 is 12.7. The van der Waals surface area contributed by atoms with Crippen LogP contribution >= 0.6 is 0 Å². The van der Waals surface area contributed by atoms with Gasteiger partial charge in [0.2, 0.25) is 0 Å². The van der Waals surface area contributed by atoms with E-state index in [1.807, 2.05) is 6.92 Å². The molecular formula is C10H19F. The first-order valence-electron chi connectivity index (χ1n) is 4.65.